The number of allylic oxidation sites excluding steroid dienone is 1. The molecule has 0 aromatic rings. The lowest BCUT2D eigenvalue weighted by atomic mass is 10.3. The predicted octanol–water partition coefficient (Wildman–Crippen LogP) is 3.98. The molecule has 0 aliphatic heterocycles. The molecule has 0 bridgehead atoms. The molecule has 0 amide bonds. The largest absolute Gasteiger partial charge is 0.0850 e. The Balaban J connectivity index is 2.37. The Morgan fingerprint density at radius 2 is 2.00 bits per heavy atom. The third kappa shape index (κ3) is 3.74. The summed E-state index contributed by atoms with van der Waals surface area (Å²) < 4.78 is 1.65. The van der Waals surface area contributed by atoms with Crippen LogP contribution in [-0.4, -0.2) is 8.07 Å². The van der Waals surface area contributed by atoms with Gasteiger partial charge in [-0.15, -0.1) is 0 Å². The lowest BCUT2D eigenvalue weighted by Gasteiger charge is -2.14. The van der Waals surface area contributed by atoms with Gasteiger partial charge in [-0.3, -0.25) is 0 Å². The maximum Gasteiger partial charge on any atom is 0.0850 e. The number of hydrogen-bond donors (Lipinski definition) is 0. The molecule has 0 aromatic carbocycles. The predicted molar refractivity (Wildman–Crippen MR) is 62.8 cm³/mol. The van der Waals surface area contributed by atoms with Gasteiger partial charge in [0.05, 0.1) is 8.07 Å². The zero-order chi connectivity index (χ0) is 8.48. The van der Waals surface area contributed by atoms with Crippen molar-refractivity contribution < 1.29 is 0 Å². The van der Waals surface area contributed by atoms with Crippen LogP contribution in [0.3, 0.4) is 0 Å². The van der Waals surface area contributed by atoms with E-state index in [4.69, 9.17) is 0 Å². The van der Waals surface area contributed by atoms with Gasteiger partial charge in [-0.2, -0.15) is 0 Å². The number of halogens is 1. The Bertz CT molecular complexity index is 163. The van der Waals surface area contributed by atoms with Crippen molar-refractivity contribution in [3.63, 3.8) is 0 Å². The van der Waals surface area contributed by atoms with Gasteiger partial charge in [-0.05, 0) is 28.4 Å². The third-order valence-corrected chi connectivity index (χ3v) is 8.98. The van der Waals surface area contributed by atoms with Crippen LogP contribution in [0.4, 0.5) is 0 Å². The normalized spacial score (nSPS) is 20.5. The van der Waals surface area contributed by atoms with Gasteiger partial charge in [-0.25, -0.2) is 0 Å². The molecule has 1 fully saturated rings. The first-order valence-electron chi connectivity index (χ1n) is 4.36. The van der Waals surface area contributed by atoms with Crippen molar-refractivity contribution in [1.82, 2.24) is 0 Å². The highest BCUT2D eigenvalue weighted by atomic mass is 127. The Hall–Kier alpha value is 0.687. The molecule has 0 atom stereocenters. The van der Waals surface area contributed by atoms with Crippen LogP contribution in [0.25, 0.3) is 0 Å². The van der Waals surface area contributed by atoms with E-state index in [0.717, 1.165) is 5.92 Å². The summed E-state index contributed by atoms with van der Waals surface area (Å²) in [4.78, 5) is 0. The summed E-state index contributed by atoms with van der Waals surface area (Å²) in [6.45, 7) is 7.24. The monoisotopic (exact) mass is 280 g/mol. The van der Waals surface area contributed by atoms with Crippen LogP contribution >= 0.6 is 22.6 Å². The Kier molecular flexibility index (Phi) is 3.20. The first-order chi connectivity index (χ1) is 5.00. The van der Waals surface area contributed by atoms with Crippen LogP contribution < -0.4 is 0 Å². The molecule has 64 valence electrons. The Morgan fingerprint density at radius 1 is 1.45 bits per heavy atom. The second-order valence-corrected chi connectivity index (χ2v) is 11.7. The zero-order valence-electron chi connectivity index (χ0n) is 7.65. The van der Waals surface area contributed by atoms with Crippen LogP contribution in [0, 0.1) is 5.92 Å². The topological polar surface area (TPSA) is 0 Å². The molecule has 0 heterocycles. The van der Waals surface area contributed by atoms with Crippen molar-refractivity contribution in [2.45, 2.75) is 38.9 Å². The molecular formula is C9H17ISi. The van der Waals surface area contributed by atoms with Crippen LogP contribution in [0.1, 0.15) is 19.3 Å². The van der Waals surface area contributed by atoms with Gasteiger partial charge < -0.3 is 0 Å². The quantitative estimate of drug-likeness (QED) is 0.542. The minimum atomic E-state index is -0.952. The second kappa shape index (κ2) is 3.60. The van der Waals surface area contributed by atoms with E-state index in [1.807, 2.05) is 0 Å². The van der Waals surface area contributed by atoms with E-state index < -0.39 is 8.07 Å². The summed E-state index contributed by atoms with van der Waals surface area (Å²) in [5, 5.41) is 0. The Labute approximate surface area is 84.6 Å². The van der Waals surface area contributed by atoms with E-state index in [1.54, 1.807) is 3.20 Å². The second-order valence-electron chi connectivity index (χ2n) is 4.48. The molecule has 1 aliphatic carbocycles. The van der Waals surface area contributed by atoms with Gasteiger partial charge >= 0.3 is 0 Å². The van der Waals surface area contributed by atoms with Crippen molar-refractivity contribution in [1.29, 1.82) is 0 Å². The molecule has 0 radical (unpaired) electrons. The molecule has 1 rings (SSSR count). The molecule has 1 saturated carbocycles. The van der Waals surface area contributed by atoms with Crippen LogP contribution in [0.2, 0.25) is 19.6 Å². The number of rotatable bonds is 3. The fraction of sp³-hybridized carbons (Fsp3) is 0.778. The van der Waals surface area contributed by atoms with Gasteiger partial charge in [-0.1, -0.05) is 48.3 Å². The molecular weight excluding hydrogens is 263 g/mol. The maximum absolute atomic E-state index is 2.53. The first kappa shape index (κ1) is 9.77. The van der Waals surface area contributed by atoms with E-state index in [2.05, 4.69) is 48.3 Å². The molecule has 2 heteroatoms. The van der Waals surface area contributed by atoms with Crippen molar-refractivity contribution in [2.24, 2.45) is 5.92 Å². The number of hydrogen-bond acceptors (Lipinski definition) is 0. The SMILES string of the molecule is C[Si](C)(C)/C(I)=C\CC1CC1. The van der Waals surface area contributed by atoms with E-state index in [0.29, 0.717) is 0 Å². The molecule has 0 saturated heterocycles. The van der Waals surface area contributed by atoms with Gasteiger partial charge in [0.25, 0.3) is 0 Å². The average Bonchev–Trinajstić information content (AvgIpc) is 2.62. The summed E-state index contributed by atoms with van der Waals surface area (Å²) >= 11 is 2.53. The summed E-state index contributed by atoms with van der Waals surface area (Å²) in [6, 6.07) is 0. The van der Waals surface area contributed by atoms with E-state index >= 15 is 0 Å². The summed E-state index contributed by atoms with van der Waals surface area (Å²) in [7, 11) is -0.952. The van der Waals surface area contributed by atoms with Crippen molar-refractivity contribution in [3.05, 3.63) is 9.28 Å². The summed E-state index contributed by atoms with van der Waals surface area (Å²) in [5.74, 6) is 1.05. The summed E-state index contributed by atoms with van der Waals surface area (Å²) in [5.41, 5.74) is 0. The average molecular weight is 280 g/mol. The first-order valence-corrected chi connectivity index (χ1v) is 8.94. The minimum Gasteiger partial charge on any atom is -0.0791 e. The van der Waals surface area contributed by atoms with Crippen LogP contribution in [0.15, 0.2) is 9.28 Å². The van der Waals surface area contributed by atoms with E-state index in [-0.39, 0.29) is 0 Å². The molecule has 0 spiro atoms. The highest BCUT2D eigenvalue weighted by Crippen LogP contribution is 2.34. The van der Waals surface area contributed by atoms with Gasteiger partial charge in [0.1, 0.15) is 0 Å². The Morgan fingerprint density at radius 3 is 2.36 bits per heavy atom. The molecule has 0 N–H and O–H groups in total. The van der Waals surface area contributed by atoms with E-state index in [9.17, 15) is 0 Å². The fourth-order valence-corrected chi connectivity index (χ4v) is 1.91. The fourth-order valence-electron chi connectivity index (χ4n) is 0.930. The van der Waals surface area contributed by atoms with Crippen molar-refractivity contribution in [2.75, 3.05) is 0 Å². The highest BCUT2D eigenvalue weighted by molar-refractivity contribution is 14.1. The van der Waals surface area contributed by atoms with Crippen LogP contribution in [0.5, 0.6) is 0 Å². The lowest BCUT2D eigenvalue weighted by Crippen LogP contribution is -2.20. The maximum atomic E-state index is 2.53. The molecule has 0 nitrogen and oxygen atoms in total. The highest BCUT2D eigenvalue weighted by Gasteiger charge is 2.22. The van der Waals surface area contributed by atoms with Crippen molar-refractivity contribution >= 4 is 30.7 Å². The zero-order valence-corrected chi connectivity index (χ0v) is 10.8. The smallest absolute Gasteiger partial charge is 0.0791 e. The lowest BCUT2D eigenvalue weighted by molar-refractivity contribution is 0.863. The third-order valence-electron chi connectivity index (χ3n) is 2.04. The molecule has 0 aromatic heterocycles. The molecule has 1 aliphatic rings. The van der Waals surface area contributed by atoms with E-state index in [1.165, 1.54) is 19.3 Å². The minimum absolute atomic E-state index is 0.952. The van der Waals surface area contributed by atoms with Gasteiger partial charge in [0, 0.05) is 0 Å². The standard InChI is InChI=1S/C9H17ISi/c1-11(2,3)9(10)7-6-8-4-5-8/h7-8H,4-6H2,1-3H3/b9-7-. The molecule has 11 heavy (non-hydrogen) atoms. The van der Waals surface area contributed by atoms with Gasteiger partial charge in [0.15, 0.2) is 0 Å². The van der Waals surface area contributed by atoms with Gasteiger partial charge in [0.2, 0.25) is 0 Å². The van der Waals surface area contributed by atoms with Crippen molar-refractivity contribution in [3.8, 4) is 0 Å². The summed E-state index contributed by atoms with van der Waals surface area (Å²) in [6.07, 6.45) is 6.78. The molecule has 0 unspecified atom stereocenters. The van der Waals surface area contributed by atoms with Crippen LogP contribution in [-0.2, 0) is 0 Å².